The largest absolute Gasteiger partial charge is 0.357 e. The minimum atomic E-state index is -3.39. The number of nitrogens with zero attached hydrogens (tertiary/aromatic N) is 5. The summed E-state index contributed by atoms with van der Waals surface area (Å²) in [6.07, 6.45) is 1.49. The van der Waals surface area contributed by atoms with Crippen molar-refractivity contribution in [2.45, 2.75) is 24.2 Å². The number of sulfonamides is 1. The van der Waals surface area contributed by atoms with E-state index in [4.69, 9.17) is 0 Å². The highest BCUT2D eigenvalue weighted by Gasteiger charge is 2.19. The summed E-state index contributed by atoms with van der Waals surface area (Å²) in [6.45, 7) is 3.58. The molecule has 2 N–H and O–H groups in total. The lowest BCUT2D eigenvalue weighted by molar-refractivity contribution is 0.523. The average molecular weight is 386 g/mol. The Kier molecular flexibility index (Phi) is 6.51. The van der Waals surface area contributed by atoms with Crippen LogP contribution in [0.15, 0.2) is 27.7 Å². The molecule has 11 heteroatoms. The van der Waals surface area contributed by atoms with Crippen LogP contribution in [0.3, 0.4) is 0 Å². The summed E-state index contributed by atoms with van der Waals surface area (Å²) in [5.74, 6) is 1.39. The van der Waals surface area contributed by atoms with Crippen LogP contribution in [0.4, 0.5) is 0 Å². The van der Waals surface area contributed by atoms with Gasteiger partial charge in [-0.2, -0.15) is 5.10 Å². The molecule has 0 saturated carbocycles. The summed E-state index contributed by atoms with van der Waals surface area (Å²) in [4.78, 5) is 9.50. The second kappa shape index (κ2) is 8.41. The standard InChI is InChI=1S/C14H23N7O2S2/c1-5-15-14(17-9-12-18-10-19-21(12)4)16-8-11-6-7-13(24-11)25(22,23)20(2)3/h6-7,10H,5,8-9H2,1-4H3,(H2,15,16,17). The second-order valence-electron chi connectivity index (χ2n) is 5.36. The number of rotatable bonds is 7. The molecule has 2 heterocycles. The van der Waals surface area contributed by atoms with E-state index in [1.54, 1.807) is 16.8 Å². The van der Waals surface area contributed by atoms with Gasteiger partial charge in [0.05, 0.1) is 6.54 Å². The maximum atomic E-state index is 12.1. The molecule has 0 aliphatic rings. The van der Waals surface area contributed by atoms with E-state index >= 15 is 0 Å². The molecule has 2 aromatic heterocycles. The van der Waals surface area contributed by atoms with E-state index in [9.17, 15) is 8.42 Å². The smallest absolute Gasteiger partial charge is 0.252 e. The van der Waals surface area contributed by atoms with E-state index in [1.807, 2.05) is 14.0 Å². The zero-order valence-electron chi connectivity index (χ0n) is 14.7. The van der Waals surface area contributed by atoms with Gasteiger partial charge in [-0.05, 0) is 19.1 Å². The summed E-state index contributed by atoms with van der Waals surface area (Å²) < 4.78 is 27.4. The van der Waals surface area contributed by atoms with Crippen molar-refractivity contribution in [3.63, 3.8) is 0 Å². The SMILES string of the molecule is CCNC(=NCc1ncnn1C)NCc1ccc(S(=O)(=O)N(C)C)s1. The van der Waals surface area contributed by atoms with Gasteiger partial charge in [0.15, 0.2) is 5.96 Å². The third-order valence-electron chi connectivity index (χ3n) is 3.33. The number of nitrogens with one attached hydrogen (secondary N) is 2. The molecule has 0 amide bonds. The number of hydrogen-bond acceptors (Lipinski definition) is 6. The quantitative estimate of drug-likeness (QED) is 0.527. The van der Waals surface area contributed by atoms with E-state index in [0.29, 0.717) is 23.3 Å². The maximum absolute atomic E-state index is 12.1. The van der Waals surface area contributed by atoms with Crippen molar-refractivity contribution in [2.24, 2.45) is 12.0 Å². The molecule has 2 aromatic rings. The first-order chi connectivity index (χ1) is 11.8. The van der Waals surface area contributed by atoms with Crippen LogP contribution >= 0.6 is 11.3 Å². The molecule has 0 atom stereocenters. The zero-order chi connectivity index (χ0) is 18.4. The molecule has 0 aliphatic heterocycles. The minimum Gasteiger partial charge on any atom is -0.357 e. The van der Waals surface area contributed by atoms with Crippen molar-refractivity contribution < 1.29 is 8.42 Å². The molecule has 9 nitrogen and oxygen atoms in total. The summed E-state index contributed by atoms with van der Waals surface area (Å²) in [5, 5.41) is 10.4. The van der Waals surface area contributed by atoms with Gasteiger partial charge in [-0.3, -0.25) is 4.68 Å². The Morgan fingerprint density at radius 1 is 1.36 bits per heavy atom. The van der Waals surface area contributed by atoms with Gasteiger partial charge in [-0.15, -0.1) is 11.3 Å². The van der Waals surface area contributed by atoms with Gasteiger partial charge in [-0.1, -0.05) is 0 Å². The molecule has 0 spiro atoms. The Hall–Kier alpha value is -1.98. The van der Waals surface area contributed by atoms with Crippen molar-refractivity contribution in [1.29, 1.82) is 0 Å². The monoisotopic (exact) mass is 385 g/mol. The van der Waals surface area contributed by atoms with Crippen molar-refractivity contribution in [3.05, 3.63) is 29.2 Å². The fourth-order valence-corrected chi connectivity index (χ4v) is 4.36. The molecule has 0 aliphatic carbocycles. The molecule has 0 bridgehead atoms. The molecule has 138 valence electrons. The molecular weight excluding hydrogens is 362 g/mol. The molecule has 2 rings (SSSR count). The van der Waals surface area contributed by atoms with Crippen LogP contribution in [-0.4, -0.2) is 54.1 Å². The zero-order valence-corrected chi connectivity index (χ0v) is 16.4. The van der Waals surface area contributed by atoms with E-state index in [0.717, 1.165) is 17.2 Å². The lowest BCUT2D eigenvalue weighted by atomic mass is 10.4. The highest BCUT2D eigenvalue weighted by atomic mass is 32.2. The number of aromatic nitrogens is 3. The first-order valence-corrected chi connectivity index (χ1v) is 9.96. The van der Waals surface area contributed by atoms with Crippen LogP contribution in [-0.2, 0) is 30.2 Å². The highest BCUT2D eigenvalue weighted by Crippen LogP contribution is 2.23. The van der Waals surface area contributed by atoms with Gasteiger partial charge >= 0.3 is 0 Å². The second-order valence-corrected chi connectivity index (χ2v) is 8.90. The van der Waals surface area contributed by atoms with Gasteiger partial charge in [0, 0.05) is 32.6 Å². The van der Waals surface area contributed by atoms with Crippen LogP contribution in [0.2, 0.25) is 0 Å². The lowest BCUT2D eigenvalue weighted by Gasteiger charge is -2.10. The summed E-state index contributed by atoms with van der Waals surface area (Å²) >= 11 is 1.25. The van der Waals surface area contributed by atoms with Crippen LogP contribution in [0, 0.1) is 0 Å². The van der Waals surface area contributed by atoms with Gasteiger partial charge in [0.1, 0.15) is 22.9 Å². The number of hydrogen-bond donors (Lipinski definition) is 2. The minimum absolute atomic E-state index is 0.329. The molecule has 0 fully saturated rings. The lowest BCUT2D eigenvalue weighted by Crippen LogP contribution is -2.36. The number of thiophene rings is 1. The van der Waals surface area contributed by atoms with Crippen LogP contribution < -0.4 is 10.6 Å². The first-order valence-electron chi connectivity index (χ1n) is 7.71. The van der Waals surface area contributed by atoms with Crippen LogP contribution in [0.5, 0.6) is 0 Å². The molecule has 0 unspecified atom stereocenters. The third-order valence-corrected chi connectivity index (χ3v) is 6.70. The topological polar surface area (TPSA) is 105 Å². The third kappa shape index (κ3) is 5.00. The van der Waals surface area contributed by atoms with E-state index in [1.165, 1.54) is 36.1 Å². The fraction of sp³-hybridized carbons (Fsp3) is 0.500. The van der Waals surface area contributed by atoms with Gasteiger partial charge in [0.2, 0.25) is 0 Å². The Balaban J connectivity index is 2.02. The van der Waals surface area contributed by atoms with Gasteiger partial charge in [-0.25, -0.2) is 22.7 Å². The summed E-state index contributed by atoms with van der Waals surface area (Å²) in [6, 6.07) is 3.43. The van der Waals surface area contributed by atoms with Gasteiger partial charge in [0.25, 0.3) is 10.0 Å². The van der Waals surface area contributed by atoms with Gasteiger partial charge < -0.3 is 10.6 Å². The van der Waals surface area contributed by atoms with Crippen molar-refractivity contribution in [2.75, 3.05) is 20.6 Å². The Morgan fingerprint density at radius 2 is 2.12 bits per heavy atom. The van der Waals surface area contributed by atoms with Crippen LogP contribution in [0.25, 0.3) is 0 Å². The predicted octanol–water partition coefficient (Wildman–Crippen LogP) is 0.382. The van der Waals surface area contributed by atoms with Crippen molar-refractivity contribution >= 4 is 27.3 Å². The number of aryl methyl sites for hydroxylation is 1. The average Bonchev–Trinajstić information content (AvgIpc) is 3.19. The maximum Gasteiger partial charge on any atom is 0.252 e. The number of aliphatic imine (C=N–C) groups is 1. The normalized spacial score (nSPS) is 12.6. The molecular formula is C14H23N7O2S2. The van der Waals surface area contributed by atoms with Crippen molar-refractivity contribution in [1.82, 2.24) is 29.7 Å². The van der Waals surface area contributed by atoms with E-state index in [-0.39, 0.29) is 0 Å². The summed E-state index contributed by atoms with van der Waals surface area (Å²) in [7, 11) is 1.47. The summed E-state index contributed by atoms with van der Waals surface area (Å²) in [5.41, 5.74) is 0. The van der Waals surface area contributed by atoms with Crippen molar-refractivity contribution in [3.8, 4) is 0 Å². The first kappa shape index (κ1) is 19.3. The molecule has 0 radical (unpaired) electrons. The molecule has 25 heavy (non-hydrogen) atoms. The molecule has 0 aromatic carbocycles. The Bertz CT molecular complexity index is 824. The fourth-order valence-electron chi connectivity index (χ4n) is 1.90. The number of guanidine groups is 1. The van der Waals surface area contributed by atoms with Crippen LogP contribution in [0.1, 0.15) is 17.6 Å². The Morgan fingerprint density at radius 3 is 2.72 bits per heavy atom. The highest BCUT2D eigenvalue weighted by molar-refractivity contribution is 7.91. The van der Waals surface area contributed by atoms with E-state index in [2.05, 4.69) is 25.7 Å². The Labute approximate surface area is 151 Å². The predicted molar refractivity (Wildman–Crippen MR) is 97.9 cm³/mol. The molecule has 0 saturated heterocycles. The van der Waals surface area contributed by atoms with E-state index < -0.39 is 10.0 Å².